The summed E-state index contributed by atoms with van der Waals surface area (Å²) in [4.78, 5) is 13.3. The summed E-state index contributed by atoms with van der Waals surface area (Å²) in [5.74, 6) is -5.21. The van der Waals surface area contributed by atoms with Crippen LogP contribution in [0, 0.1) is 37.1 Å². The van der Waals surface area contributed by atoms with Gasteiger partial charge in [0.05, 0.1) is 19.3 Å². The first-order valence-electron chi connectivity index (χ1n) is 8.60. The topological polar surface area (TPSA) is 51.4 Å². The molecule has 2 aromatic carbocycles. The van der Waals surface area contributed by atoms with Gasteiger partial charge in [-0.2, -0.15) is 4.98 Å². The third kappa shape index (κ3) is 4.62. The zero-order valence-corrected chi connectivity index (χ0v) is 15.9. The first-order valence-corrected chi connectivity index (χ1v) is 8.60. The van der Waals surface area contributed by atoms with E-state index in [0.29, 0.717) is 5.69 Å². The summed E-state index contributed by atoms with van der Waals surface area (Å²) in [5.41, 5.74) is 4.87. The number of nitrogens with zero attached hydrogens (tertiary/aromatic N) is 3. The fourth-order valence-corrected chi connectivity index (χ4v) is 2.69. The molecule has 0 amide bonds. The lowest BCUT2D eigenvalue weighted by atomic mass is 10.1. The van der Waals surface area contributed by atoms with Gasteiger partial charge in [0.25, 0.3) is 0 Å². The van der Waals surface area contributed by atoms with E-state index in [-0.39, 0.29) is 23.5 Å². The predicted molar refractivity (Wildman–Crippen MR) is 99.4 cm³/mol. The summed E-state index contributed by atoms with van der Waals surface area (Å²) in [6.07, 6.45) is 1.07. The monoisotopic (exact) mass is 406 g/mol. The number of halogens is 4. The Bertz CT molecular complexity index is 1100. The van der Waals surface area contributed by atoms with Crippen LogP contribution in [0.3, 0.4) is 0 Å². The van der Waals surface area contributed by atoms with Crippen molar-refractivity contribution in [2.75, 3.05) is 12.6 Å². The Balaban J connectivity index is 2.17. The van der Waals surface area contributed by atoms with Crippen molar-refractivity contribution in [2.45, 2.75) is 20.4 Å². The average Bonchev–Trinajstić information content (AvgIpc) is 2.66. The van der Waals surface area contributed by atoms with Gasteiger partial charge >= 0.3 is 0 Å². The molecule has 152 valence electrons. The fourth-order valence-electron chi connectivity index (χ4n) is 2.69. The standard InChI is InChI=1S/C20H18F4N4O/c1-11-4-5-12(2)17(6-11)25-20-26-19(27-29-3)16(23)10-28(20)9-13-7-14(21)18(24)15(22)8-13/h4-8,10H,9H2,1-3H3,(H,25,26,27). The first-order chi connectivity index (χ1) is 13.8. The Morgan fingerprint density at radius 3 is 2.38 bits per heavy atom. The van der Waals surface area contributed by atoms with Crippen molar-refractivity contribution in [3.05, 3.63) is 82.1 Å². The van der Waals surface area contributed by atoms with Crippen LogP contribution in [0.25, 0.3) is 0 Å². The molecule has 29 heavy (non-hydrogen) atoms. The largest absolute Gasteiger partial charge is 0.310 e. The Labute approximate surface area is 164 Å². The van der Waals surface area contributed by atoms with Crippen molar-refractivity contribution in [1.82, 2.24) is 9.55 Å². The lowest BCUT2D eigenvalue weighted by molar-refractivity contribution is 0.265. The van der Waals surface area contributed by atoms with Gasteiger partial charge in [-0.1, -0.05) is 12.1 Å². The molecule has 0 aliphatic heterocycles. The van der Waals surface area contributed by atoms with Crippen molar-refractivity contribution in [2.24, 2.45) is 4.99 Å². The van der Waals surface area contributed by atoms with E-state index in [2.05, 4.69) is 15.5 Å². The number of anilines is 1. The molecule has 1 aromatic heterocycles. The fraction of sp³-hybridized carbons (Fsp3) is 0.200. The van der Waals surface area contributed by atoms with Crippen LogP contribution in [0.15, 0.2) is 41.5 Å². The van der Waals surface area contributed by atoms with Crippen LogP contribution >= 0.6 is 0 Å². The molecule has 0 saturated heterocycles. The smallest absolute Gasteiger partial charge is 0.232 e. The molecular weight excluding hydrogens is 388 g/mol. The summed E-state index contributed by atoms with van der Waals surface area (Å²) >= 11 is 0. The molecule has 0 fully saturated rings. The SMILES string of the molecule is CONc1nc(=Nc2cc(C)ccc2C)n(Cc2cc(F)c(F)c(F)c2)cc1F. The van der Waals surface area contributed by atoms with E-state index in [4.69, 9.17) is 4.84 Å². The zero-order valence-electron chi connectivity index (χ0n) is 15.9. The molecule has 1 N–H and O–H groups in total. The molecule has 0 aliphatic rings. The third-order valence-corrected chi connectivity index (χ3v) is 4.14. The van der Waals surface area contributed by atoms with Gasteiger partial charge in [0, 0.05) is 6.20 Å². The highest BCUT2D eigenvalue weighted by molar-refractivity contribution is 5.47. The molecule has 0 unspecified atom stereocenters. The molecule has 9 heteroatoms. The number of benzene rings is 2. The lowest BCUT2D eigenvalue weighted by Crippen LogP contribution is -2.27. The zero-order chi connectivity index (χ0) is 21.1. The van der Waals surface area contributed by atoms with Crippen LogP contribution < -0.4 is 11.1 Å². The second kappa shape index (κ2) is 8.44. The maximum Gasteiger partial charge on any atom is 0.232 e. The quantitative estimate of drug-likeness (QED) is 0.390. The van der Waals surface area contributed by atoms with Gasteiger partial charge in [0.15, 0.2) is 29.1 Å². The van der Waals surface area contributed by atoms with Gasteiger partial charge in [0.2, 0.25) is 5.62 Å². The van der Waals surface area contributed by atoms with Crippen molar-refractivity contribution in [1.29, 1.82) is 0 Å². The van der Waals surface area contributed by atoms with Crippen LogP contribution in [0.5, 0.6) is 0 Å². The van der Waals surface area contributed by atoms with E-state index in [9.17, 15) is 17.6 Å². The van der Waals surface area contributed by atoms with Crippen molar-refractivity contribution in [3.8, 4) is 0 Å². The molecule has 0 saturated carbocycles. The summed E-state index contributed by atoms with van der Waals surface area (Å²) in [6, 6.07) is 7.30. The van der Waals surface area contributed by atoms with E-state index in [1.165, 1.54) is 11.7 Å². The second-order valence-corrected chi connectivity index (χ2v) is 6.45. The molecule has 3 aromatic rings. The summed E-state index contributed by atoms with van der Waals surface area (Å²) in [6.45, 7) is 3.56. The number of hydrogen-bond acceptors (Lipinski definition) is 4. The first kappa shape index (κ1) is 20.5. The van der Waals surface area contributed by atoms with Gasteiger partial charge in [-0.3, -0.25) is 4.84 Å². The number of rotatable bonds is 5. The Hall–Kier alpha value is -3.20. The van der Waals surface area contributed by atoms with Crippen LogP contribution in [0.1, 0.15) is 16.7 Å². The van der Waals surface area contributed by atoms with Crippen molar-refractivity contribution < 1.29 is 22.4 Å². The molecular formula is C20H18F4N4O. The average molecular weight is 406 g/mol. The maximum atomic E-state index is 14.3. The van der Waals surface area contributed by atoms with E-state index in [0.717, 1.165) is 29.5 Å². The van der Waals surface area contributed by atoms with Gasteiger partial charge in [-0.05, 0) is 48.7 Å². The molecule has 0 atom stereocenters. The van der Waals surface area contributed by atoms with Crippen LogP contribution in [0.4, 0.5) is 29.1 Å². The molecule has 0 radical (unpaired) electrons. The summed E-state index contributed by atoms with van der Waals surface area (Å²) < 4.78 is 56.0. The van der Waals surface area contributed by atoms with Gasteiger partial charge in [-0.15, -0.1) is 0 Å². The Morgan fingerprint density at radius 2 is 1.72 bits per heavy atom. The molecule has 1 heterocycles. The van der Waals surface area contributed by atoms with E-state index in [1.54, 1.807) is 0 Å². The number of nitrogens with one attached hydrogen (secondary N) is 1. The molecule has 3 rings (SSSR count). The highest BCUT2D eigenvalue weighted by Crippen LogP contribution is 2.20. The van der Waals surface area contributed by atoms with Crippen LogP contribution in [-0.2, 0) is 11.4 Å². The molecule has 0 aliphatic carbocycles. The van der Waals surface area contributed by atoms with Crippen molar-refractivity contribution in [3.63, 3.8) is 0 Å². The Kier molecular flexibility index (Phi) is 5.97. The third-order valence-electron chi connectivity index (χ3n) is 4.14. The lowest BCUT2D eigenvalue weighted by Gasteiger charge is -2.12. The van der Waals surface area contributed by atoms with Crippen LogP contribution in [0.2, 0.25) is 0 Å². The van der Waals surface area contributed by atoms with Crippen LogP contribution in [-0.4, -0.2) is 16.7 Å². The number of hydrogen-bond donors (Lipinski definition) is 1. The van der Waals surface area contributed by atoms with Crippen molar-refractivity contribution >= 4 is 11.5 Å². The highest BCUT2D eigenvalue weighted by atomic mass is 19.2. The second-order valence-electron chi connectivity index (χ2n) is 6.45. The normalized spacial score (nSPS) is 11.8. The minimum absolute atomic E-state index is 0.0600. The van der Waals surface area contributed by atoms with E-state index >= 15 is 0 Å². The predicted octanol–water partition coefficient (Wildman–Crippen LogP) is 4.31. The minimum Gasteiger partial charge on any atom is -0.310 e. The molecule has 0 bridgehead atoms. The summed E-state index contributed by atoms with van der Waals surface area (Å²) in [5, 5.41) is 0. The molecule has 0 spiro atoms. The van der Waals surface area contributed by atoms with Gasteiger partial charge < -0.3 is 4.57 Å². The van der Waals surface area contributed by atoms with Gasteiger partial charge in [-0.25, -0.2) is 28.0 Å². The maximum absolute atomic E-state index is 14.3. The van der Waals surface area contributed by atoms with Gasteiger partial charge in [0.1, 0.15) is 0 Å². The minimum atomic E-state index is -1.57. The highest BCUT2D eigenvalue weighted by Gasteiger charge is 2.13. The van der Waals surface area contributed by atoms with E-state index in [1.807, 2.05) is 32.0 Å². The molecule has 5 nitrogen and oxygen atoms in total. The number of aryl methyl sites for hydroxylation is 2. The number of aromatic nitrogens is 2. The van der Waals surface area contributed by atoms with E-state index < -0.39 is 23.3 Å². The Morgan fingerprint density at radius 1 is 1.03 bits per heavy atom. The summed E-state index contributed by atoms with van der Waals surface area (Å²) in [7, 11) is 1.30.